The topological polar surface area (TPSA) is 35.5 Å². The van der Waals surface area contributed by atoms with Crippen molar-refractivity contribution in [3.63, 3.8) is 0 Å². The van der Waals surface area contributed by atoms with Crippen molar-refractivity contribution in [2.24, 2.45) is 0 Å². The lowest BCUT2D eigenvalue weighted by molar-refractivity contribution is 0.0467. The number of esters is 1. The number of halogens is 2. The number of hydrogen-bond acceptors (Lipinski definition) is 3. The Morgan fingerprint density at radius 3 is 2.36 bits per heavy atom. The number of carbonyl (C=O) groups is 1. The number of benzene rings is 3. The van der Waals surface area contributed by atoms with Crippen molar-refractivity contribution >= 4 is 5.97 Å². The summed E-state index contributed by atoms with van der Waals surface area (Å²) in [5.74, 6) is -1.28. The van der Waals surface area contributed by atoms with E-state index < -0.39 is 17.6 Å². The number of para-hydroxylation sites is 1. The molecule has 0 N–H and O–H groups in total. The van der Waals surface area contributed by atoms with Crippen molar-refractivity contribution in [3.05, 3.63) is 95.6 Å². The highest BCUT2D eigenvalue weighted by molar-refractivity contribution is 5.89. The summed E-state index contributed by atoms with van der Waals surface area (Å²) < 4.78 is 37.2. The molecule has 0 aromatic heterocycles. The molecule has 0 aliphatic carbocycles. The van der Waals surface area contributed by atoms with Crippen molar-refractivity contribution in [3.8, 4) is 11.5 Å². The number of carbonyl (C=O) groups excluding carboxylic acids is 1. The lowest BCUT2D eigenvalue weighted by atomic mass is 10.2. The molecule has 0 radical (unpaired) electrons. The zero-order valence-corrected chi connectivity index (χ0v) is 13.1. The normalized spacial score (nSPS) is 10.3. The van der Waals surface area contributed by atoms with Gasteiger partial charge < -0.3 is 9.47 Å². The third-order valence-electron chi connectivity index (χ3n) is 3.40. The molecule has 25 heavy (non-hydrogen) atoms. The molecule has 0 aliphatic heterocycles. The molecule has 0 spiro atoms. The quantitative estimate of drug-likeness (QED) is 0.605. The summed E-state index contributed by atoms with van der Waals surface area (Å²) in [6.07, 6.45) is 0. The maximum Gasteiger partial charge on any atom is 0.341 e. The van der Waals surface area contributed by atoms with Gasteiger partial charge in [-0.1, -0.05) is 30.3 Å². The van der Waals surface area contributed by atoms with Crippen LogP contribution in [0.15, 0.2) is 72.8 Å². The van der Waals surface area contributed by atoms with E-state index in [1.54, 1.807) is 24.3 Å². The van der Waals surface area contributed by atoms with Crippen LogP contribution in [-0.2, 0) is 11.3 Å². The molecule has 3 nitrogen and oxygen atoms in total. The number of hydrogen-bond donors (Lipinski definition) is 0. The molecule has 3 rings (SSSR count). The summed E-state index contributed by atoms with van der Waals surface area (Å²) in [7, 11) is 0. The Bertz CT molecular complexity index is 879. The molecule has 5 heteroatoms. The van der Waals surface area contributed by atoms with Crippen LogP contribution in [0.1, 0.15) is 15.9 Å². The molecule has 3 aromatic rings. The SMILES string of the molecule is O=C(OCc1cccc(Oc2ccccc2)c1)c1ccc(F)cc1F. The smallest absolute Gasteiger partial charge is 0.341 e. The Hall–Kier alpha value is -3.21. The first-order chi connectivity index (χ1) is 12.1. The minimum absolute atomic E-state index is 0.0539. The Morgan fingerprint density at radius 1 is 0.840 bits per heavy atom. The van der Waals surface area contributed by atoms with Crippen molar-refractivity contribution in [2.75, 3.05) is 0 Å². The molecule has 0 aliphatic rings. The largest absolute Gasteiger partial charge is 0.457 e. The lowest BCUT2D eigenvalue weighted by Crippen LogP contribution is -2.08. The third-order valence-corrected chi connectivity index (χ3v) is 3.40. The van der Waals surface area contributed by atoms with Crippen LogP contribution in [0.2, 0.25) is 0 Å². The van der Waals surface area contributed by atoms with Gasteiger partial charge in [-0.15, -0.1) is 0 Å². The van der Waals surface area contributed by atoms with E-state index in [0.29, 0.717) is 23.1 Å². The van der Waals surface area contributed by atoms with Crippen LogP contribution in [-0.4, -0.2) is 5.97 Å². The molecule has 126 valence electrons. The molecular weight excluding hydrogens is 326 g/mol. The van der Waals surface area contributed by atoms with Gasteiger partial charge in [0.2, 0.25) is 0 Å². The van der Waals surface area contributed by atoms with E-state index in [4.69, 9.17) is 9.47 Å². The highest BCUT2D eigenvalue weighted by atomic mass is 19.1. The summed E-state index contributed by atoms with van der Waals surface area (Å²) in [6.45, 7) is -0.0539. The van der Waals surface area contributed by atoms with Gasteiger partial charge in [0.15, 0.2) is 0 Å². The van der Waals surface area contributed by atoms with Crippen LogP contribution in [0.5, 0.6) is 11.5 Å². The predicted octanol–water partition coefficient (Wildman–Crippen LogP) is 5.11. The fourth-order valence-electron chi connectivity index (χ4n) is 2.21. The standard InChI is InChI=1S/C20H14F2O3/c21-15-9-10-18(19(22)12-15)20(23)24-13-14-5-4-8-17(11-14)25-16-6-2-1-3-7-16/h1-12H,13H2. The molecule has 0 saturated heterocycles. The minimum Gasteiger partial charge on any atom is -0.457 e. The molecule has 0 heterocycles. The van der Waals surface area contributed by atoms with Crippen molar-refractivity contribution < 1.29 is 23.0 Å². The van der Waals surface area contributed by atoms with Gasteiger partial charge in [-0.2, -0.15) is 0 Å². The number of ether oxygens (including phenoxy) is 2. The minimum atomic E-state index is -0.953. The number of rotatable bonds is 5. The highest BCUT2D eigenvalue weighted by Crippen LogP contribution is 2.22. The lowest BCUT2D eigenvalue weighted by Gasteiger charge is -2.09. The second kappa shape index (κ2) is 7.57. The molecule has 0 fully saturated rings. The van der Waals surface area contributed by atoms with E-state index >= 15 is 0 Å². The second-order valence-corrected chi connectivity index (χ2v) is 5.26. The van der Waals surface area contributed by atoms with Gasteiger partial charge >= 0.3 is 5.97 Å². The van der Waals surface area contributed by atoms with Crippen molar-refractivity contribution in [2.45, 2.75) is 6.61 Å². The maximum absolute atomic E-state index is 13.6. The first-order valence-electron chi connectivity index (χ1n) is 7.56. The van der Waals surface area contributed by atoms with Gasteiger partial charge in [-0.25, -0.2) is 13.6 Å². The Balaban J connectivity index is 1.65. The molecule has 0 atom stereocenters. The van der Waals surface area contributed by atoms with Crippen LogP contribution in [0.25, 0.3) is 0 Å². The van der Waals surface area contributed by atoms with Crippen LogP contribution in [0, 0.1) is 11.6 Å². The summed E-state index contributed by atoms with van der Waals surface area (Å²) in [5.41, 5.74) is 0.377. The molecule has 0 amide bonds. The van der Waals surface area contributed by atoms with Gasteiger partial charge in [0.1, 0.15) is 29.7 Å². The Morgan fingerprint density at radius 2 is 1.60 bits per heavy atom. The van der Waals surface area contributed by atoms with E-state index in [9.17, 15) is 13.6 Å². The van der Waals surface area contributed by atoms with E-state index in [1.165, 1.54) is 0 Å². The molecule has 0 saturated carbocycles. The van der Waals surface area contributed by atoms with Crippen LogP contribution in [0.3, 0.4) is 0 Å². The van der Waals surface area contributed by atoms with Crippen molar-refractivity contribution in [1.82, 2.24) is 0 Å². The van der Waals surface area contributed by atoms with Gasteiger partial charge in [0, 0.05) is 6.07 Å². The molecule has 0 bridgehead atoms. The Kier molecular flexibility index (Phi) is 5.04. The first kappa shape index (κ1) is 16.6. The third kappa shape index (κ3) is 4.41. The van der Waals surface area contributed by atoms with Gasteiger partial charge in [-0.3, -0.25) is 0 Å². The first-order valence-corrected chi connectivity index (χ1v) is 7.56. The average molecular weight is 340 g/mol. The Labute approximate surface area is 143 Å². The highest BCUT2D eigenvalue weighted by Gasteiger charge is 2.14. The molecule has 3 aromatic carbocycles. The fourth-order valence-corrected chi connectivity index (χ4v) is 2.21. The second-order valence-electron chi connectivity index (χ2n) is 5.26. The van der Waals surface area contributed by atoms with Crippen LogP contribution < -0.4 is 4.74 Å². The summed E-state index contributed by atoms with van der Waals surface area (Å²) in [6, 6.07) is 19.0. The maximum atomic E-state index is 13.6. The van der Waals surface area contributed by atoms with Crippen molar-refractivity contribution in [1.29, 1.82) is 0 Å². The molecular formula is C20H14F2O3. The average Bonchev–Trinajstić information content (AvgIpc) is 2.61. The predicted molar refractivity (Wildman–Crippen MR) is 88.4 cm³/mol. The van der Waals surface area contributed by atoms with Crippen LogP contribution >= 0.6 is 0 Å². The van der Waals surface area contributed by atoms with Gasteiger partial charge in [0.25, 0.3) is 0 Å². The zero-order chi connectivity index (χ0) is 17.6. The van der Waals surface area contributed by atoms with E-state index in [0.717, 1.165) is 12.1 Å². The van der Waals surface area contributed by atoms with E-state index in [2.05, 4.69) is 0 Å². The summed E-state index contributed by atoms with van der Waals surface area (Å²) in [4.78, 5) is 11.9. The fraction of sp³-hybridized carbons (Fsp3) is 0.0500. The van der Waals surface area contributed by atoms with Gasteiger partial charge in [0.05, 0.1) is 5.56 Å². The van der Waals surface area contributed by atoms with Crippen LogP contribution in [0.4, 0.5) is 8.78 Å². The van der Waals surface area contributed by atoms with E-state index in [-0.39, 0.29) is 12.2 Å². The van der Waals surface area contributed by atoms with Gasteiger partial charge in [-0.05, 0) is 42.0 Å². The summed E-state index contributed by atoms with van der Waals surface area (Å²) >= 11 is 0. The zero-order valence-electron chi connectivity index (χ0n) is 13.1. The summed E-state index contributed by atoms with van der Waals surface area (Å²) in [5, 5.41) is 0. The monoisotopic (exact) mass is 340 g/mol. The molecule has 0 unspecified atom stereocenters. The van der Waals surface area contributed by atoms with E-state index in [1.807, 2.05) is 30.3 Å².